The van der Waals surface area contributed by atoms with Crippen LogP contribution in [0.15, 0.2) is 28.7 Å². The fraction of sp³-hybridized carbons (Fsp3) is 0.312. The van der Waals surface area contributed by atoms with Crippen molar-refractivity contribution in [1.82, 2.24) is 0 Å². The molecule has 0 amide bonds. The number of ether oxygens (including phenoxy) is 1. The predicted molar refractivity (Wildman–Crippen MR) is 78.0 cm³/mol. The molecule has 0 fully saturated rings. The van der Waals surface area contributed by atoms with Crippen molar-refractivity contribution in [2.75, 3.05) is 12.4 Å². The molecule has 4 nitrogen and oxygen atoms in total. The molecule has 0 saturated carbocycles. The van der Waals surface area contributed by atoms with Crippen LogP contribution in [0.5, 0.6) is 0 Å². The Morgan fingerprint density at radius 3 is 2.65 bits per heavy atom. The Labute approximate surface area is 118 Å². The Morgan fingerprint density at radius 2 is 2.00 bits per heavy atom. The number of rotatable bonds is 4. The van der Waals surface area contributed by atoms with Gasteiger partial charge in [-0.3, -0.25) is 0 Å². The molecule has 20 heavy (non-hydrogen) atoms. The Hall–Kier alpha value is -2.23. The van der Waals surface area contributed by atoms with Crippen LogP contribution in [-0.2, 0) is 11.3 Å². The second kappa shape index (κ2) is 5.82. The van der Waals surface area contributed by atoms with E-state index in [9.17, 15) is 4.79 Å². The van der Waals surface area contributed by atoms with Gasteiger partial charge in [0.05, 0.1) is 13.7 Å². The first kappa shape index (κ1) is 14.2. The molecule has 106 valence electrons. The molecule has 0 saturated heterocycles. The third-order valence-corrected chi connectivity index (χ3v) is 3.21. The second-order valence-corrected chi connectivity index (χ2v) is 4.85. The van der Waals surface area contributed by atoms with Crippen LogP contribution >= 0.6 is 0 Å². The van der Waals surface area contributed by atoms with Crippen LogP contribution in [0.4, 0.5) is 5.69 Å². The topological polar surface area (TPSA) is 51.5 Å². The van der Waals surface area contributed by atoms with E-state index < -0.39 is 0 Å². The predicted octanol–water partition coefficient (Wildman–Crippen LogP) is 3.60. The number of esters is 1. The fourth-order valence-electron chi connectivity index (χ4n) is 2.14. The molecule has 1 aromatic heterocycles. The maximum absolute atomic E-state index is 11.5. The second-order valence-electron chi connectivity index (χ2n) is 4.85. The highest BCUT2D eigenvalue weighted by Gasteiger charge is 2.15. The summed E-state index contributed by atoms with van der Waals surface area (Å²) in [6.07, 6.45) is 0. The lowest BCUT2D eigenvalue weighted by Gasteiger charge is -2.08. The Morgan fingerprint density at radius 1 is 1.25 bits per heavy atom. The van der Waals surface area contributed by atoms with Gasteiger partial charge in [0.25, 0.3) is 0 Å². The van der Waals surface area contributed by atoms with Gasteiger partial charge >= 0.3 is 5.97 Å². The molecule has 2 aromatic rings. The lowest BCUT2D eigenvalue weighted by Crippen LogP contribution is -2.01. The first-order valence-corrected chi connectivity index (χ1v) is 6.50. The van der Waals surface area contributed by atoms with Crippen molar-refractivity contribution >= 4 is 11.7 Å². The summed E-state index contributed by atoms with van der Waals surface area (Å²) in [6.45, 7) is 6.41. The Balaban J connectivity index is 2.09. The number of methoxy groups -OCH3 is 1. The lowest BCUT2D eigenvalue weighted by molar-refractivity contribution is 0.0599. The smallest absolute Gasteiger partial charge is 0.341 e. The molecule has 2 rings (SSSR count). The molecular weight excluding hydrogens is 254 g/mol. The van der Waals surface area contributed by atoms with Gasteiger partial charge in [0.15, 0.2) is 0 Å². The van der Waals surface area contributed by atoms with Gasteiger partial charge in [-0.1, -0.05) is 17.7 Å². The molecule has 0 atom stereocenters. The van der Waals surface area contributed by atoms with Crippen molar-refractivity contribution in [3.63, 3.8) is 0 Å². The highest BCUT2D eigenvalue weighted by molar-refractivity contribution is 5.90. The van der Waals surface area contributed by atoms with Crippen molar-refractivity contribution < 1.29 is 13.9 Å². The maximum atomic E-state index is 11.5. The molecule has 0 aliphatic heterocycles. The summed E-state index contributed by atoms with van der Waals surface area (Å²) in [5.74, 6) is 0.918. The number of aryl methyl sites for hydroxylation is 3. The minimum atomic E-state index is -0.371. The number of benzene rings is 1. The largest absolute Gasteiger partial charge is 0.465 e. The van der Waals surface area contributed by atoms with Gasteiger partial charge in [0.2, 0.25) is 0 Å². The van der Waals surface area contributed by atoms with Crippen molar-refractivity contribution in [2.24, 2.45) is 0 Å². The number of hydrogen-bond donors (Lipinski definition) is 1. The summed E-state index contributed by atoms with van der Waals surface area (Å²) in [5, 5.41) is 3.31. The van der Waals surface area contributed by atoms with Gasteiger partial charge in [0.1, 0.15) is 17.1 Å². The number of nitrogens with one attached hydrogen (secondary N) is 1. The summed E-state index contributed by atoms with van der Waals surface area (Å²) < 4.78 is 10.3. The highest BCUT2D eigenvalue weighted by atomic mass is 16.5. The summed E-state index contributed by atoms with van der Waals surface area (Å²) in [5.41, 5.74) is 3.95. The normalized spacial score (nSPS) is 10.4. The molecule has 0 aliphatic carbocycles. The van der Waals surface area contributed by atoms with E-state index in [0.717, 1.165) is 5.69 Å². The van der Waals surface area contributed by atoms with Crippen molar-refractivity contribution in [3.05, 3.63) is 52.5 Å². The number of carbonyl (C=O) groups is 1. The average molecular weight is 273 g/mol. The molecule has 4 heteroatoms. The monoisotopic (exact) mass is 273 g/mol. The van der Waals surface area contributed by atoms with Gasteiger partial charge in [-0.2, -0.15) is 0 Å². The number of carbonyl (C=O) groups excluding carboxylic acids is 1. The van der Waals surface area contributed by atoms with Gasteiger partial charge < -0.3 is 14.5 Å². The minimum absolute atomic E-state index is 0.371. The van der Waals surface area contributed by atoms with Crippen LogP contribution in [0, 0.1) is 20.8 Å². The zero-order chi connectivity index (χ0) is 14.7. The van der Waals surface area contributed by atoms with E-state index >= 15 is 0 Å². The summed E-state index contributed by atoms with van der Waals surface area (Å²) >= 11 is 0. The molecule has 0 unspecified atom stereocenters. The van der Waals surface area contributed by atoms with E-state index in [1.807, 2.05) is 6.07 Å². The van der Waals surface area contributed by atoms with Gasteiger partial charge in [-0.15, -0.1) is 0 Å². The van der Waals surface area contributed by atoms with Crippen molar-refractivity contribution in [1.29, 1.82) is 0 Å². The Kier molecular flexibility index (Phi) is 4.13. The average Bonchev–Trinajstić information content (AvgIpc) is 2.78. The van der Waals surface area contributed by atoms with E-state index in [1.54, 1.807) is 13.0 Å². The fourth-order valence-corrected chi connectivity index (χ4v) is 2.14. The number of hydrogen-bond acceptors (Lipinski definition) is 4. The van der Waals surface area contributed by atoms with E-state index in [4.69, 9.17) is 9.15 Å². The van der Waals surface area contributed by atoms with E-state index in [2.05, 4.69) is 31.3 Å². The van der Waals surface area contributed by atoms with Gasteiger partial charge in [-0.25, -0.2) is 4.79 Å². The lowest BCUT2D eigenvalue weighted by atomic mass is 10.1. The molecule has 1 aromatic carbocycles. The summed E-state index contributed by atoms with van der Waals surface area (Å²) in [7, 11) is 1.36. The van der Waals surface area contributed by atoms with Crippen LogP contribution in [0.25, 0.3) is 0 Å². The third-order valence-electron chi connectivity index (χ3n) is 3.21. The van der Waals surface area contributed by atoms with E-state index in [0.29, 0.717) is 23.6 Å². The van der Waals surface area contributed by atoms with Crippen molar-refractivity contribution in [3.8, 4) is 0 Å². The first-order chi connectivity index (χ1) is 9.51. The highest BCUT2D eigenvalue weighted by Crippen LogP contribution is 2.20. The molecule has 1 N–H and O–H groups in total. The van der Waals surface area contributed by atoms with Crippen LogP contribution < -0.4 is 5.32 Å². The zero-order valence-electron chi connectivity index (χ0n) is 12.2. The minimum Gasteiger partial charge on any atom is -0.465 e. The van der Waals surface area contributed by atoms with Crippen LogP contribution in [0.1, 0.15) is 33.0 Å². The summed E-state index contributed by atoms with van der Waals surface area (Å²) in [4.78, 5) is 11.5. The first-order valence-electron chi connectivity index (χ1n) is 6.50. The standard InChI is InChI=1S/C16H19NO3/c1-10-5-6-15(11(2)7-10)17-9-13-8-14(12(3)20-13)16(18)19-4/h5-8,17H,9H2,1-4H3. The maximum Gasteiger partial charge on any atom is 0.341 e. The van der Waals surface area contributed by atoms with Gasteiger partial charge in [-0.05, 0) is 38.5 Å². The zero-order valence-corrected chi connectivity index (χ0v) is 12.2. The number of furan rings is 1. The molecule has 0 bridgehead atoms. The molecule has 0 spiro atoms. The van der Waals surface area contributed by atoms with E-state index in [-0.39, 0.29) is 5.97 Å². The molecule has 0 aliphatic rings. The van der Waals surface area contributed by atoms with Crippen LogP contribution in [0.3, 0.4) is 0 Å². The molecular formula is C16H19NO3. The van der Waals surface area contributed by atoms with E-state index in [1.165, 1.54) is 18.2 Å². The molecule has 1 heterocycles. The van der Waals surface area contributed by atoms with Gasteiger partial charge in [0, 0.05) is 5.69 Å². The van der Waals surface area contributed by atoms with Crippen molar-refractivity contribution in [2.45, 2.75) is 27.3 Å². The third kappa shape index (κ3) is 3.02. The molecule has 0 radical (unpaired) electrons. The SMILES string of the molecule is COC(=O)c1cc(CNc2ccc(C)cc2C)oc1C. The van der Waals surface area contributed by atoms with Crippen LogP contribution in [-0.4, -0.2) is 13.1 Å². The quantitative estimate of drug-likeness (QED) is 0.865. The van der Waals surface area contributed by atoms with Crippen LogP contribution in [0.2, 0.25) is 0 Å². The Bertz CT molecular complexity index is 629. The number of anilines is 1. The summed E-state index contributed by atoms with van der Waals surface area (Å²) in [6, 6.07) is 7.94.